The normalized spacial score (nSPS) is 9.50. The van der Waals surface area contributed by atoms with Gasteiger partial charge in [-0.2, -0.15) is 0 Å². The van der Waals surface area contributed by atoms with Gasteiger partial charge in [0.25, 0.3) is 0 Å². The molecule has 0 atom stereocenters. The third-order valence-electron chi connectivity index (χ3n) is 1.71. The highest BCUT2D eigenvalue weighted by Crippen LogP contribution is 2.30. The first-order valence-electron chi connectivity index (χ1n) is 4.22. The van der Waals surface area contributed by atoms with Crippen molar-refractivity contribution >= 4 is 11.4 Å². The molecule has 0 bridgehead atoms. The molecule has 0 fully saturated rings. The molecule has 0 unspecified atom stereocenters. The molecule has 0 aromatic heterocycles. The Morgan fingerprint density at radius 3 is 2.38 bits per heavy atom. The molecular weight excluding hydrogens is 216 g/mol. The summed E-state index contributed by atoms with van der Waals surface area (Å²) in [7, 11) is 0. The maximum Gasteiger partial charge on any atom is 0.349 e. The van der Waals surface area contributed by atoms with Gasteiger partial charge in [0.15, 0.2) is 0 Å². The lowest BCUT2D eigenvalue weighted by Gasteiger charge is -2.02. The van der Waals surface area contributed by atoms with Gasteiger partial charge in [0.05, 0.1) is 15.9 Å². The van der Waals surface area contributed by atoms with Crippen molar-refractivity contribution < 1.29 is 14.6 Å². The minimum Gasteiger partial charge on any atom is -0.489 e. The van der Waals surface area contributed by atoms with Crippen LogP contribution in [-0.2, 0) is 0 Å². The molecule has 0 aliphatic carbocycles. The monoisotopic (exact) mass is 224 g/mol. The van der Waals surface area contributed by atoms with Crippen LogP contribution in [0.25, 0.3) is 0 Å². The van der Waals surface area contributed by atoms with Gasteiger partial charge in [-0.25, -0.2) is 0 Å². The molecule has 0 aliphatic heterocycles. The first-order valence-corrected chi connectivity index (χ1v) is 4.22. The van der Waals surface area contributed by atoms with E-state index in [-0.39, 0.29) is 12.4 Å². The molecule has 0 radical (unpaired) electrons. The lowest BCUT2D eigenvalue weighted by molar-refractivity contribution is -0.422. The molecule has 0 saturated carbocycles. The van der Waals surface area contributed by atoms with Crippen molar-refractivity contribution in [1.29, 1.82) is 0 Å². The average molecular weight is 224 g/mol. The predicted octanol–water partition coefficient (Wildman–Crippen LogP) is 2.07. The van der Waals surface area contributed by atoms with Crippen LogP contribution in [0.1, 0.15) is 0 Å². The van der Waals surface area contributed by atoms with Crippen molar-refractivity contribution in [2.45, 2.75) is 0 Å². The van der Waals surface area contributed by atoms with Crippen molar-refractivity contribution in [2.24, 2.45) is 0 Å². The summed E-state index contributed by atoms with van der Waals surface area (Å²) in [5.41, 5.74) is -1.15. The van der Waals surface area contributed by atoms with Gasteiger partial charge in [0.1, 0.15) is 12.4 Å². The Labute approximate surface area is 90.3 Å². The van der Waals surface area contributed by atoms with Crippen LogP contribution in [-0.4, -0.2) is 16.5 Å². The smallest absolute Gasteiger partial charge is 0.349 e. The summed E-state index contributed by atoms with van der Waals surface area (Å²) in [5, 5.41) is 21.1. The number of nitro benzene ring substituents is 2. The van der Waals surface area contributed by atoms with E-state index in [0.717, 1.165) is 12.1 Å². The van der Waals surface area contributed by atoms with E-state index in [1.807, 2.05) is 0 Å². The number of benzene rings is 1. The Hall–Kier alpha value is -2.44. The topological polar surface area (TPSA) is 95.5 Å². The Morgan fingerprint density at radius 2 is 1.88 bits per heavy atom. The van der Waals surface area contributed by atoms with Crippen LogP contribution in [0.2, 0.25) is 0 Å². The second-order valence-corrected chi connectivity index (χ2v) is 2.76. The zero-order valence-electron chi connectivity index (χ0n) is 8.16. The molecule has 84 valence electrons. The minimum absolute atomic E-state index is 0.176. The SMILES string of the molecule is C=CCOc1ccc([N+](=O)[O-])c([N+](=O)[O-])c1. The summed E-state index contributed by atoms with van der Waals surface area (Å²) in [6, 6.07) is 3.35. The zero-order valence-corrected chi connectivity index (χ0v) is 8.16. The predicted molar refractivity (Wildman–Crippen MR) is 55.4 cm³/mol. The van der Waals surface area contributed by atoms with Gasteiger partial charge >= 0.3 is 11.4 Å². The van der Waals surface area contributed by atoms with Crippen LogP contribution >= 0.6 is 0 Å². The highest BCUT2D eigenvalue weighted by Gasteiger charge is 2.24. The lowest BCUT2D eigenvalue weighted by atomic mass is 10.2. The van der Waals surface area contributed by atoms with Crippen LogP contribution < -0.4 is 4.74 Å². The van der Waals surface area contributed by atoms with E-state index in [2.05, 4.69) is 6.58 Å². The second kappa shape index (κ2) is 4.87. The van der Waals surface area contributed by atoms with E-state index in [0.29, 0.717) is 0 Å². The highest BCUT2D eigenvalue weighted by atomic mass is 16.6. The summed E-state index contributed by atoms with van der Waals surface area (Å²) in [6.07, 6.45) is 1.47. The van der Waals surface area contributed by atoms with Gasteiger partial charge in [-0.05, 0) is 6.07 Å². The van der Waals surface area contributed by atoms with E-state index < -0.39 is 21.2 Å². The van der Waals surface area contributed by atoms with E-state index in [1.165, 1.54) is 12.1 Å². The van der Waals surface area contributed by atoms with Crippen molar-refractivity contribution in [2.75, 3.05) is 6.61 Å². The van der Waals surface area contributed by atoms with Gasteiger partial charge in [-0.15, -0.1) is 0 Å². The van der Waals surface area contributed by atoms with Gasteiger partial charge in [-0.1, -0.05) is 12.7 Å². The summed E-state index contributed by atoms with van der Waals surface area (Å²) in [6.45, 7) is 3.59. The highest BCUT2D eigenvalue weighted by molar-refractivity contribution is 5.55. The fraction of sp³-hybridized carbons (Fsp3) is 0.111. The summed E-state index contributed by atoms with van der Waals surface area (Å²) >= 11 is 0. The quantitative estimate of drug-likeness (QED) is 0.433. The van der Waals surface area contributed by atoms with E-state index in [9.17, 15) is 20.2 Å². The Morgan fingerprint density at radius 1 is 1.25 bits per heavy atom. The fourth-order valence-electron chi connectivity index (χ4n) is 1.05. The molecule has 0 amide bonds. The van der Waals surface area contributed by atoms with Crippen LogP contribution in [0, 0.1) is 20.2 Å². The lowest BCUT2D eigenvalue weighted by Crippen LogP contribution is -1.98. The van der Waals surface area contributed by atoms with Gasteiger partial charge in [-0.3, -0.25) is 20.2 Å². The van der Waals surface area contributed by atoms with Crippen LogP contribution in [0.3, 0.4) is 0 Å². The number of hydrogen-bond donors (Lipinski definition) is 0. The molecule has 16 heavy (non-hydrogen) atoms. The van der Waals surface area contributed by atoms with Crippen LogP contribution in [0.15, 0.2) is 30.9 Å². The third kappa shape index (κ3) is 2.53. The second-order valence-electron chi connectivity index (χ2n) is 2.76. The minimum atomic E-state index is -0.821. The van der Waals surface area contributed by atoms with Gasteiger partial charge < -0.3 is 4.74 Å². The molecular formula is C9H8N2O5. The first-order chi connectivity index (χ1) is 7.56. The Bertz CT molecular complexity index is 444. The number of ether oxygens (including phenoxy) is 1. The third-order valence-corrected chi connectivity index (χ3v) is 1.71. The molecule has 1 aromatic rings. The summed E-state index contributed by atoms with van der Waals surface area (Å²) < 4.78 is 5.04. The van der Waals surface area contributed by atoms with E-state index in [4.69, 9.17) is 4.74 Å². The fourth-order valence-corrected chi connectivity index (χ4v) is 1.05. The molecule has 0 aliphatic rings. The van der Waals surface area contributed by atoms with Crippen molar-refractivity contribution in [3.05, 3.63) is 51.1 Å². The molecule has 0 spiro atoms. The summed E-state index contributed by atoms with van der Waals surface area (Å²) in [4.78, 5) is 19.4. The number of hydrogen-bond acceptors (Lipinski definition) is 5. The largest absolute Gasteiger partial charge is 0.489 e. The van der Waals surface area contributed by atoms with Crippen molar-refractivity contribution in [1.82, 2.24) is 0 Å². The maximum absolute atomic E-state index is 10.6. The molecule has 0 saturated heterocycles. The Kier molecular flexibility index (Phi) is 3.54. The maximum atomic E-state index is 10.6. The zero-order chi connectivity index (χ0) is 12.1. The van der Waals surface area contributed by atoms with E-state index in [1.54, 1.807) is 0 Å². The van der Waals surface area contributed by atoms with Gasteiger partial charge in [0.2, 0.25) is 0 Å². The number of nitrogens with zero attached hydrogens (tertiary/aromatic N) is 2. The standard InChI is InChI=1S/C9H8N2O5/c1-2-5-16-7-3-4-8(10(12)13)9(6-7)11(14)15/h2-4,6H,1,5H2. The molecule has 7 heteroatoms. The van der Waals surface area contributed by atoms with Gasteiger partial charge in [0, 0.05) is 6.07 Å². The molecule has 1 aromatic carbocycles. The number of rotatable bonds is 5. The average Bonchev–Trinajstić information content (AvgIpc) is 2.25. The molecule has 0 N–H and O–H groups in total. The van der Waals surface area contributed by atoms with Crippen molar-refractivity contribution in [3.8, 4) is 5.75 Å². The molecule has 0 heterocycles. The Balaban J connectivity index is 3.12. The molecule has 1 rings (SSSR count). The summed E-state index contributed by atoms with van der Waals surface area (Å²) in [5.74, 6) is 0.192. The van der Waals surface area contributed by atoms with Crippen molar-refractivity contribution in [3.63, 3.8) is 0 Å². The first kappa shape index (κ1) is 11.6. The van der Waals surface area contributed by atoms with Crippen LogP contribution in [0.5, 0.6) is 5.75 Å². The van der Waals surface area contributed by atoms with Crippen LogP contribution in [0.4, 0.5) is 11.4 Å². The van der Waals surface area contributed by atoms with E-state index >= 15 is 0 Å². The number of nitro groups is 2. The molecule has 7 nitrogen and oxygen atoms in total.